The highest BCUT2D eigenvalue weighted by Gasteiger charge is 3.01. The minimum absolute atomic E-state index is 0.0797. The normalized spacial score (nSPS) is 50.5. The molecule has 0 aromatic heterocycles. The highest BCUT2D eigenvalue weighted by Crippen LogP contribution is 2.85. The zero-order valence-electron chi connectivity index (χ0n) is 24.1. The van der Waals surface area contributed by atoms with Gasteiger partial charge in [-0.1, -0.05) is 20.1 Å². The van der Waals surface area contributed by atoms with Crippen molar-refractivity contribution in [2.45, 2.75) is 108 Å². The monoisotopic (exact) mass is 574 g/mol. The Morgan fingerprint density at radius 1 is 0.902 bits per heavy atom. The minimum atomic E-state index is -2.12. The van der Waals surface area contributed by atoms with Crippen LogP contribution in [0.2, 0.25) is 0 Å². The van der Waals surface area contributed by atoms with Crippen LogP contribution in [-0.4, -0.2) is 81.8 Å². The molecular weight excluding hydrogens is 540 g/mol. The van der Waals surface area contributed by atoms with Gasteiger partial charge < -0.3 is 33.5 Å². The molecule has 3 bridgehead atoms. The summed E-state index contributed by atoms with van der Waals surface area (Å²) in [6.45, 7) is 18.9. The molecule has 0 radical (unpaired) electrons. The van der Waals surface area contributed by atoms with Crippen LogP contribution in [0, 0.1) is 16.2 Å². The van der Waals surface area contributed by atoms with Crippen molar-refractivity contribution >= 4 is 29.8 Å². The lowest BCUT2D eigenvalue weighted by atomic mass is 9.34. The average Bonchev–Trinajstić information content (AvgIpc) is 3.16. The SMILES string of the molecule is C=C1C23O[C@]45C(=O)O[C@@](C)(C(=C)[C@@]4(C(=O)O[C@H]5C)[C@@]2(C)[C@H](OC(C)=O)C[C@@]12C[C@H](O)C(=O)OC2(C)C)[C@@H]3OC(C)=O. The quantitative estimate of drug-likeness (QED) is 0.286. The molecule has 222 valence electrons. The molecule has 0 aromatic carbocycles. The zero-order valence-corrected chi connectivity index (χ0v) is 24.1. The van der Waals surface area contributed by atoms with Crippen LogP contribution in [0.15, 0.2) is 24.3 Å². The molecule has 12 heteroatoms. The lowest BCUT2D eigenvalue weighted by Crippen LogP contribution is -2.83. The highest BCUT2D eigenvalue weighted by atomic mass is 16.7. The molecule has 41 heavy (non-hydrogen) atoms. The first-order chi connectivity index (χ1) is 18.8. The number of cyclic esters (lactones) is 2. The van der Waals surface area contributed by atoms with Crippen LogP contribution in [0.1, 0.15) is 61.3 Å². The second-order valence-electron chi connectivity index (χ2n) is 13.1. The van der Waals surface area contributed by atoms with E-state index in [1.165, 1.54) is 27.7 Å². The Morgan fingerprint density at radius 3 is 2.10 bits per heavy atom. The molecule has 1 N–H and O–H groups in total. The molecule has 2 aliphatic carbocycles. The molecule has 10 atom stereocenters. The molecule has 2 spiro atoms. The molecule has 6 rings (SSSR count). The second-order valence-corrected chi connectivity index (χ2v) is 13.1. The fourth-order valence-corrected chi connectivity index (χ4v) is 9.46. The molecule has 0 aromatic rings. The van der Waals surface area contributed by atoms with E-state index >= 15 is 0 Å². The van der Waals surface area contributed by atoms with Gasteiger partial charge in [-0.25, -0.2) is 9.59 Å². The third-order valence-electron chi connectivity index (χ3n) is 11.2. The molecule has 4 saturated heterocycles. The van der Waals surface area contributed by atoms with Crippen LogP contribution < -0.4 is 0 Å². The standard InChI is InChI=1S/C29H34O12/c1-12-24(8)20(38-16(5)31)28-13(2)26(10-17(32)19(33)39-23(26,6)7)11-18(37-15(4)30)25(28,9)27(12)21(34)36-14(3)29(27,41-28)22(35)40-24/h14,17-18,20,32H,1-2,10-11H2,3-9H3/t14-,17-,18+,20-,24-,25+,26-,27+,28?,29+/m0/s1. The molecule has 1 unspecified atom stereocenters. The van der Waals surface area contributed by atoms with Crippen LogP contribution in [0.3, 0.4) is 0 Å². The van der Waals surface area contributed by atoms with Crippen molar-refractivity contribution in [1.82, 2.24) is 0 Å². The summed E-state index contributed by atoms with van der Waals surface area (Å²) in [5.74, 6) is -4.05. The lowest BCUT2D eigenvalue weighted by Gasteiger charge is -2.70. The first kappa shape index (κ1) is 27.9. The predicted octanol–water partition coefficient (Wildman–Crippen LogP) is 1.21. The molecule has 6 fully saturated rings. The van der Waals surface area contributed by atoms with Gasteiger partial charge >= 0.3 is 29.8 Å². The van der Waals surface area contributed by atoms with Gasteiger partial charge in [-0.15, -0.1) is 0 Å². The Balaban J connectivity index is 1.78. The van der Waals surface area contributed by atoms with Crippen molar-refractivity contribution in [3.8, 4) is 0 Å². The largest absolute Gasteiger partial charge is 0.462 e. The fraction of sp³-hybridized carbons (Fsp3) is 0.690. The van der Waals surface area contributed by atoms with Crippen molar-refractivity contribution in [3.63, 3.8) is 0 Å². The van der Waals surface area contributed by atoms with Crippen molar-refractivity contribution in [1.29, 1.82) is 0 Å². The minimum Gasteiger partial charge on any atom is -0.462 e. The van der Waals surface area contributed by atoms with Gasteiger partial charge in [0.1, 0.15) is 28.8 Å². The van der Waals surface area contributed by atoms with Crippen molar-refractivity contribution < 1.29 is 57.5 Å². The van der Waals surface area contributed by atoms with Gasteiger partial charge in [0.15, 0.2) is 17.8 Å². The van der Waals surface area contributed by atoms with Gasteiger partial charge in [0.2, 0.25) is 5.60 Å². The molecule has 4 heterocycles. The predicted molar refractivity (Wildman–Crippen MR) is 134 cm³/mol. The van der Waals surface area contributed by atoms with E-state index in [2.05, 4.69) is 13.2 Å². The Hall–Kier alpha value is -3.25. The van der Waals surface area contributed by atoms with E-state index < -0.39 is 92.9 Å². The van der Waals surface area contributed by atoms with Gasteiger partial charge in [-0.3, -0.25) is 14.4 Å². The molecular formula is C29H34O12. The van der Waals surface area contributed by atoms with Crippen LogP contribution in [0.5, 0.6) is 0 Å². The van der Waals surface area contributed by atoms with E-state index in [9.17, 15) is 29.1 Å². The summed E-state index contributed by atoms with van der Waals surface area (Å²) in [7, 11) is 0. The molecule has 0 amide bonds. The van der Waals surface area contributed by atoms with Crippen LogP contribution in [-0.2, 0) is 52.4 Å². The van der Waals surface area contributed by atoms with Crippen molar-refractivity contribution in [3.05, 3.63) is 24.3 Å². The summed E-state index contributed by atoms with van der Waals surface area (Å²) >= 11 is 0. The summed E-state index contributed by atoms with van der Waals surface area (Å²) in [6.07, 6.45) is -5.78. The van der Waals surface area contributed by atoms with Crippen molar-refractivity contribution in [2.24, 2.45) is 16.2 Å². The fourth-order valence-electron chi connectivity index (χ4n) is 9.46. The number of esters is 5. The molecule has 4 aliphatic heterocycles. The molecule has 12 nitrogen and oxygen atoms in total. The number of hydrogen-bond donors (Lipinski definition) is 1. The average molecular weight is 575 g/mol. The summed E-state index contributed by atoms with van der Waals surface area (Å²) in [6, 6.07) is 0. The van der Waals surface area contributed by atoms with E-state index in [1.807, 2.05) is 0 Å². The van der Waals surface area contributed by atoms with Crippen LogP contribution >= 0.6 is 0 Å². The molecule has 6 aliphatic rings. The lowest BCUT2D eigenvalue weighted by molar-refractivity contribution is -0.276. The van der Waals surface area contributed by atoms with Gasteiger partial charge in [0, 0.05) is 19.3 Å². The smallest absolute Gasteiger partial charge is 0.345 e. The van der Waals surface area contributed by atoms with Gasteiger partial charge in [0.25, 0.3) is 0 Å². The summed E-state index contributed by atoms with van der Waals surface area (Å²) < 4.78 is 36.4. The Kier molecular flexibility index (Phi) is 5.02. The third kappa shape index (κ3) is 2.44. The number of carbonyl (C=O) groups excluding carboxylic acids is 5. The number of aliphatic hydroxyl groups is 1. The van der Waals surface area contributed by atoms with E-state index in [0.717, 1.165) is 0 Å². The topological polar surface area (TPSA) is 161 Å². The van der Waals surface area contributed by atoms with E-state index in [1.54, 1.807) is 20.8 Å². The maximum absolute atomic E-state index is 14.2. The first-order valence-electron chi connectivity index (χ1n) is 13.6. The Morgan fingerprint density at radius 2 is 1.51 bits per heavy atom. The van der Waals surface area contributed by atoms with Crippen LogP contribution in [0.4, 0.5) is 0 Å². The van der Waals surface area contributed by atoms with E-state index in [4.69, 9.17) is 28.4 Å². The second kappa shape index (κ2) is 7.38. The summed E-state index contributed by atoms with van der Waals surface area (Å²) in [5, 5.41) is 10.8. The number of fused-ring (bicyclic) bond motifs is 1. The summed E-state index contributed by atoms with van der Waals surface area (Å²) in [5.41, 5.74) is -12.0. The maximum atomic E-state index is 14.2. The number of rotatable bonds is 2. The maximum Gasteiger partial charge on any atom is 0.345 e. The Bertz CT molecular complexity index is 1400. The van der Waals surface area contributed by atoms with Gasteiger partial charge in [-0.05, 0) is 51.7 Å². The third-order valence-corrected chi connectivity index (χ3v) is 11.2. The zero-order chi connectivity index (χ0) is 30.5. The van der Waals surface area contributed by atoms with E-state index in [0.29, 0.717) is 0 Å². The van der Waals surface area contributed by atoms with Crippen LogP contribution in [0.25, 0.3) is 0 Å². The van der Waals surface area contributed by atoms with Gasteiger partial charge in [-0.2, -0.15) is 0 Å². The first-order valence-corrected chi connectivity index (χ1v) is 13.6. The number of hydrogen-bond acceptors (Lipinski definition) is 12. The Labute approximate surface area is 236 Å². The van der Waals surface area contributed by atoms with E-state index in [-0.39, 0.29) is 24.0 Å². The highest BCUT2D eigenvalue weighted by molar-refractivity contribution is 6.03. The molecule has 2 saturated carbocycles. The number of carbonyl (C=O) groups is 5. The number of ether oxygens (including phenoxy) is 6. The number of aliphatic hydroxyl groups excluding tert-OH is 1. The van der Waals surface area contributed by atoms with Crippen molar-refractivity contribution in [2.75, 3.05) is 0 Å². The summed E-state index contributed by atoms with van der Waals surface area (Å²) in [4.78, 5) is 66.4. The van der Waals surface area contributed by atoms with Gasteiger partial charge in [0.05, 0.1) is 5.41 Å².